The Morgan fingerprint density at radius 3 is 2.38 bits per heavy atom. The number of fused-ring (bicyclic) bond motifs is 2. The first kappa shape index (κ1) is 32.4. The SMILES string of the molecule is Cc1ccc(OCCN2C(C(C(=O)Nc3ccccc3Cl)N3C(=O)c4ccc(C(=O)O)cc4C3=O)=Nc3ccccc3S2(=O)=O)c(C)c1. The highest BCUT2D eigenvalue weighted by molar-refractivity contribution is 7.90. The molecule has 0 radical (unpaired) electrons. The largest absolute Gasteiger partial charge is 0.491 e. The van der Waals surface area contributed by atoms with Gasteiger partial charge in [0.1, 0.15) is 17.3 Å². The summed E-state index contributed by atoms with van der Waals surface area (Å²) in [6.07, 6.45) is 0. The number of carboxylic acids is 1. The Morgan fingerprint density at radius 1 is 0.938 bits per heavy atom. The summed E-state index contributed by atoms with van der Waals surface area (Å²) in [5.74, 6) is -4.23. The van der Waals surface area contributed by atoms with Crippen molar-refractivity contribution in [2.24, 2.45) is 4.99 Å². The number of carbonyl (C=O) groups excluding carboxylic acids is 3. The molecule has 0 fully saturated rings. The molecule has 0 spiro atoms. The average Bonchev–Trinajstić information content (AvgIpc) is 3.29. The van der Waals surface area contributed by atoms with Gasteiger partial charge in [-0.25, -0.2) is 22.5 Å². The van der Waals surface area contributed by atoms with E-state index in [1.54, 1.807) is 24.3 Å². The van der Waals surface area contributed by atoms with Gasteiger partial charge in [0.25, 0.3) is 27.7 Å². The number of imide groups is 1. The van der Waals surface area contributed by atoms with E-state index in [1.165, 1.54) is 36.4 Å². The third-order valence-corrected chi connectivity index (χ3v) is 10.0. The van der Waals surface area contributed by atoms with Gasteiger partial charge in [-0.05, 0) is 67.9 Å². The Balaban J connectivity index is 1.47. The van der Waals surface area contributed by atoms with Gasteiger partial charge in [0, 0.05) is 0 Å². The molecule has 0 aromatic heterocycles. The molecule has 3 amide bonds. The van der Waals surface area contributed by atoms with Crippen LogP contribution in [0, 0.1) is 13.8 Å². The van der Waals surface area contributed by atoms with Gasteiger partial charge in [0.2, 0.25) is 0 Å². The lowest BCUT2D eigenvalue weighted by Crippen LogP contribution is -2.58. The summed E-state index contributed by atoms with van der Waals surface area (Å²) in [6.45, 7) is 3.22. The van der Waals surface area contributed by atoms with Crippen LogP contribution in [0.1, 0.15) is 42.2 Å². The third kappa shape index (κ3) is 5.78. The zero-order chi connectivity index (χ0) is 34.3. The van der Waals surface area contributed by atoms with E-state index in [0.717, 1.165) is 27.6 Å². The molecule has 0 bridgehead atoms. The van der Waals surface area contributed by atoms with Crippen molar-refractivity contribution in [3.63, 3.8) is 0 Å². The molecule has 2 aliphatic rings. The number of benzene rings is 4. The molecule has 0 aliphatic carbocycles. The predicted molar refractivity (Wildman–Crippen MR) is 177 cm³/mol. The Bertz CT molecular complexity index is 2170. The fraction of sp³-hybridized carbons (Fsp3) is 0.147. The minimum Gasteiger partial charge on any atom is -0.491 e. The van der Waals surface area contributed by atoms with E-state index in [0.29, 0.717) is 10.6 Å². The molecule has 4 aromatic carbocycles. The summed E-state index contributed by atoms with van der Waals surface area (Å²) in [7, 11) is -4.42. The van der Waals surface area contributed by atoms with Crippen LogP contribution in [0.4, 0.5) is 11.4 Å². The van der Waals surface area contributed by atoms with E-state index in [-0.39, 0.29) is 51.1 Å². The molecule has 48 heavy (non-hydrogen) atoms. The number of hydrogen-bond acceptors (Lipinski definition) is 8. The number of sulfonamides is 1. The molecule has 4 aromatic rings. The van der Waals surface area contributed by atoms with Crippen molar-refractivity contribution in [2.45, 2.75) is 24.8 Å². The second-order valence-electron chi connectivity index (χ2n) is 11.0. The molecule has 2 heterocycles. The Labute approximate surface area is 280 Å². The maximum atomic E-state index is 14.3. The van der Waals surface area contributed by atoms with Gasteiger partial charge in [-0.2, -0.15) is 0 Å². The Hall–Kier alpha value is -5.53. The summed E-state index contributed by atoms with van der Waals surface area (Å²) in [5.41, 5.74) is 1.26. The summed E-state index contributed by atoms with van der Waals surface area (Å²) in [6, 6.07) is 19.0. The van der Waals surface area contributed by atoms with Crippen LogP contribution in [0.5, 0.6) is 5.75 Å². The number of aromatic carboxylic acids is 1. The van der Waals surface area contributed by atoms with Gasteiger partial charge in [0.05, 0.1) is 39.6 Å². The number of anilines is 1. The first-order chi connectivity index (χ1) is 22.9. The highest BCUT2D eigenvalue weighted by Crippen LogP contribution is 2.36. The van der Waals surface area contributed by atoms with Crippen molar-refractivity contribution in [3.05, 3.63) is 118 Å². The number of amidine groups is 1. The number of hydrogen-bond donors (Lipinski definition) is 2. The van der Waals surface area contributed by atoms with Crippen molar-refractivity contribution in [2.75, 3.05) is 18.5 Å². The number of halogens is 1. The van der Waals surface area contributed by atoms with Crippen LogP contribution >= 0.6 is 11.6 Å². The van der Waals surface area contributed by atoms with Crippen molar-refractivity contribution in [1.82, 2.24) is 9.21 Å². The summed E-state index contributed by atoms with van der Waals surface area (Å²) in [4.78, 5) is 58.7. The zero-order valence-corrected chi connectivity index (χ0v) is 27.1. The molecule has 2 N–H and O–H groups in total. The van der Waals surface area contributed by atoms with E-state index in [4.69, 9.17) is 16.3 Å². The molecule has 12 nitrogen and oxygen atoms in total. The molecule has 14 heteroatoms. The molecule has 6 rings (SSSR count). The van der Waals surface area contributed by atoms with Crippen LogP contribution in [-0.2, 0) is 14.8 Å². The summed E-state index contributed by atoms with van der Waals surface area (Å²) < 4.78 is 35.2. The smallest absolute Gasteiger partial charge is 0.335 e. The number of aliphatic imine (C=N–C) groups is 1. The number of carbonyl (C=O) groups is 4. The second-order valence-corrected chi connectivity index (χ2v) is 13.3. The van der Waals surface area contributed by atoms with Gasteiger partial charge in [-0.3, -0.25) is 19.3 Å². The first-order valence-corrected chi connectivity index (χ1v) is 16.4. The van der Waals surface area contributed by atoms with E-state index in [9.17, 15) is 32.7 Å². The van der Waals surface area contributed by atoms with Gasteiger partial charge in [-0.15, -0.1) is 0 Å². The van der Waals surface area contributed by atoms with Crippen LogP contribution in [-0.4, -0.2) is 71.4 Å². The maximum Gasteiger partial charge on any atom is 0.335 e. The average molecular weight is 687 g/mol. The number of nitrogens with zero attached hydrogens (tertiary/aromatic N) is 3. The van der Waals surface area contributed by atoms with Crippen LogP contribution in [0.3, 0.4) is 0 Å². The second kappa shape index (κ2) is 12.6. The Kier molecular flexibility index (Phi) is 8.50. The van der Waals surface area contributed by atoms with E-state index >= 15 is 0 Å². The zero-order valence-electron chi connectivity index (χ0n) is 25.5. The standard InChI is InChI=1S/C34H27ClN4O8S/c1-19-11-14-27(20(2)17-19)47-16-15-38-30(36-26-9-5-6-10-28(26)48(38,45)46)29(31(40)37-25-8-4-3-7-24(25)35)39-32(41)22-13-12-21(34(43)44)18-23(22)33(39)42/h3-14,17-18,29H,15-16H2,1-2H3,(H,37,40)(H,43,44). The van der Waals surface area contributed by atoms with Gasteiger partial charge in [0.15, 0.2) is 11.9 Å². The fourth-order valence-corrected chi connectivity index (χ4v) is 7.31. The molecule has 0 saturated heterocycles. The molecular weight excluding hydrogens is 660 g/mol. The minimum absolute atomic E-state index is 0.0145. The van der Waals surface area contributed by atoms with Crippen molar-refractivity contribution in [3.8, 4) is 5.75 Å². The third-order valence-electron chi connectivity index (χ3n) is 7.85. The normalized spacial score (nSPS) is 15.4. The molecule has 1 unspecified atom stereocenters. The van der Waals surface area contributed by atoms with Crippen molar-refractivity contribution in [1.29, 1.82) is 0 Å². The van der Waals surface area contributed by atoms with Crippen LogP contribution < -0.4 is 10.1 Å². The number of ether oxygens (including phenoxy) is 1. The van der Waals surface area contributed by atoms with Gasteiger partial charge < -0.3 is 15.2 Å². The quantitative estimate of drug-likeness (QED) is 0.231. The van der Waals surface area contributed by atoms with Crippen LogP contribution in [0.2, 0.25) is 5.02 Å². The highest BCUT2D eigenvalue weighted by atomic mass is 35.5. The monoisotopic (exact) mass is 686 g/mol. The number of para-hydroxylation sites is 2. The lowest BCUT2D eigenvalue weighted by Gasteiger charge is -2.35. The Morgan fingerprint density at radius 2 is 1.65 bits per heavy atom. The summed E-state index contributed by atoms with van der Waals surface area (Å²) >= 11 is 6.32. The van der Waals surface area contributed by atoms with Crippen LogP contribution in [0.25, 0.3) is 0 Å². The van der Waals surface area contributed by atoms with Gasteiger partial charge >= 0.3 is 5.97 Å². The summed E-state index contributed by atoms with van der Waals surface area (Å²) in [5, 5.41) is 12.3. The van der Waals surface area contributed by atoms with E-state index in [2.05, 4.69) is 10.3 Å². The van der Waals surface area contributed by atoms with Crippen LogP contribution in [0.15, 0.2) is 94.8 Å². The number of amides is 3. The number of nitrogens with one attached hydrogen (secondary N) is 1. The molecule has 1 atom stereocenters. The minimum atomic E-state index is -4.42. The lowest BCUT2D eigenvalue weighted by molar-refractivity contribution is -0.118. The number of aryl methyl sites for hydroxylation is 2. The molecule has 2 aliphatic heterocycles. The lowest BCUT2D eigenvalue weighted by atomic mass is 10.1. The highest BCUT2D eigenvalue weighted by Gasteiger charge is 2.50. The number of carboxylic acid groups (broad SMARTS) is 1. The number of rotatable bonds is 9. The maximum absolute atomic E-state index is 14.3. The van der Waals surface area contributed by atoms with Crippen molar-refractivity contribution >= 4 is 62.5 Å². The van der Waals surface area contributed by atoms with Crippen molar-refractivity contribution < 1.29 is 37.4 Å². The fourth-order valence-electron chi connectivity index (χ4n) is 5.56. The molecule has 0 saturated carbocycles. The first-order valence-electron chi connectivity index (χ1n) is 14.6. The van der Waals surface area contributed by atoms with E-state index in [1.807, 2.05) is 26.0 Å². The molecular formula is C34H27ClN4O8S. The molecule has 244 valence electrons. The van der Waals surface area contributed by atoms with E-state index < -0.39 is 45.6 Å². The predicted octanol–water partition coefficient (Wildman–Crippen LogP) is 5.07. The topological polar surface area (TPSA) is 163 Å². The van der Waals surface area contributed by atoms with Gasteiger partial charge in [-0.1, -0.05) is 53.6 Å².